The molecule has 366 valence electrons. The van der Waals surface area contributed by atoms with Gasteiger partial charge >= 0.3 is 21.1 Å². The molecule has 0 fully saturated rings. The molecule has 8 rings (SSSR count). The van der Waals surface area contributed by atoms with Crippen LogP contribution in [0.15, 0.2) is 164 Å². The molecule has 0 amide bonds. The van der Waals surface area contributed by atoms with Gasteiger partial charge in [0, 0.05) is 17.5 Å². The molecule has 0 aliphatic rings. The van der Waals surface area contributed by atoms with E-state index in [1.165, 1.54) is 33.4 Å². The van der Waals surface area contributed by atoms with Crippen molar-refractivity contribution in [3.63, 3.8) is 0 Å². The topological polar surface area (TPSA) is 33.1 Å². The van der Waals surface area contributed by atoms with Crippen molar-refractivity contribution in [2.75, 3.05) is 0 Å². The maximum Gasteiger partial charge on any atom is 2.00 e. The number of pyridine rings is 1. The summed E-state index contributed by atoms with van der Waals surface area (Å²) in [6.45, 7) is 33.0. The first kappa shape index (κ1) is 54.3. The average molecular weight is 1120 g/mol. The Balaban J connectivity index is 0.000000386. The monoisotopic (exact) mass is 1110 g/mol. The number of rotatable bonds is 7. The van der Waals surface area contributed by atoms with Gasteiger partial charge in [-0.25, -0.2) is 0 Å². The molecule has 71 heavy (non-hydrogen) atoms. The van der Waals surface area contributed by atoms with Crippen LogP contribution in [0.3, 0.4) is 0 Å². The number of hydrogen-bond acceptors (Lipinski definition) is 2. The zero-order valence-corrected chi connectivity index (χ0v) is 47.1. The van der Waals surface area contributed by atoms with Crippen LogP contribution in [0, 0.1) is 26.0 Å². The Morgan fingerprint density at radius 2 is 0.972 bits per heavy atom. The Kier molecular flexibility index (Phi) is 16.6. The number of phenols is 1. The van der Waals surface area contributed by atoms with E-state index >= 15 is 0 Å². The number of aryl methyl sites for hydroxylation is 2. The quantitative estimate of drug-likeness (QED) is 0.127. The molecule has 2 nitrogen and oxygen atoms in total. The molecule has 1 N–H and O–H groups in total. The molecule has 0 saturated carbocycles. The standard InChI is InChI=1S/C51H53NO.C17H20.Pt/c1-33-19-18-24-41(42(33)25-34(2)43-29-40(50(6,7)8)30-46(48(43)53)51(9,10)11)37-26-38(28-39(27-37)49(3,4)5)47-31-44(35-20-14-12-15-21-35)45(32-52-47)36-22-16-13-17-23-36;1-13-10-11-15(17(2,3)4)12-16(13)14-8-6-5-7-9-14;/h12-24,27-32,53H,1-11H3;5-12H,1-4H3;/q-2;;+2. The summed E-state index contributed by atoms with van der Waals surface area (Å²) in [7, 11) is 0. The molecule has 0 saturated heterocycles. The van der Waals surface area contributed by atoms with Crippen molar-refractivity contribution < 1.29 is 26.2 Å². The van der Waals surface area contributed by atoms with Crippen LogP contribution in [0.5, 0.6) is 5.75 Å². The normalized spacial score (nSPS) is 12.2. The van der Waals surface area contributed by atoms with Gasteiger partial charge in [0.15, 0.2) is 0 Å². The van der Waals surface area contributed by atoms with Crippen molar-refractivity contribution in [2.45, 2.75) is 126 Å². The summed E-state index contributed by atoms with van der Waals surface area (Å²) in [5, 5.41) is 11.7. The average Bonchev–Trinajstić information content (AvgIpc) is 3.31. The second-order valence-corrected chi connectivity index (χ2v) is 23.1. The number of hydrogen-bond donors (Lipinski definition) is 1. The molecule has 1 heterocycles. The van der Waals surface area contributed by atoms with Crippen molar-refractivity contribution >= 4 is 5.57 Å². The van der Waals surface area contributed by atoms with E-state index in [-0.39, 0.29) is 42.7 Å². The van der Waals surface area contributed by atoms with Gasteiger partial charge in [0.2, 0.25) is 0 Å². The van der Waals surface area contributed by atoms with E-state index < -0.39 is 0 Å². The molecule has 0 radical (unpaired) electrons. The van der Waals surface area contributed by atoms with Crippen molar-refractivity contribution in [2.24, 2.45) is 0 Å². The fourth-order valence-electron chi connectivity index (χ4n) is 8.85. The van der Waals surface area contributed by atoms with Gasteiger partial charge in [0.05, 0.1) is 5.75 Å². The van der Waals surface area contributed by atoms with Crippen molar-refractivity contribution in [1.82, 2.24) is 4.98 Å². The first-order valence-corrected chi connectivity index (χ1v) is 24.8. The summed E-state index contributed by atoms with van der Waals surface area (Å²) in [5.74, 6) is 0.327. The SMILES string of the molecule is CC(=[C-]c1c(C)cccc1-c1[c-]c(-c2cc(-c3ccccc3)c(-c3ccccc3)cn2)cc(C(C)(C)C)c1)c1cc(C(C)(C)C)cc(C(C)(C)C)c1O.Cc1ccc(C(C)(C)C)cc1-c1ccccc1.[Pt+2]. The minimum absolute atomic E-state index is 0. The van der Waals surface area contributed by atoms with E-state index in [1.807, 2.05) is 12.3 Å². The number of phenolic OH excluding ortho intramolecular Hbond substituents is 1. The predicted molar refractivity (Wildman–Crippen MR) is 301 cm³/mol. The van der Waals surface area contributed by atoms with Crippen LogP contribution < -0.4 is 0 Å². The van der Waals surface area contributed by atoms with Gasteiger partial charge in [-0.2, -0.15) is 0 Å². The third-order valence-electron chi connectivity index (χ3n) is 13.3. The van der Waals surface area contributed by atoms with E-state index in [1.54, 1.807) is 0 Å². The minimum atomic E-state index is -0.222. The van der Waals surface area contributed by atoms with Crippen LogP contribution >= 0.6 is 0 Å². The van der Waals surface area contributed by atoms with Crippen molar-refractivity contribution in [1.29, 1.82) is 0 Å². The largest absolute Gasteiger partial charge is 2.00 e. The molecular weight excluding hydrogens is 1040 g/mol. The summed E-state index contributed by atoms with van der Waals surface area (Å²) >= 11 is 0. The second-order valence-electron chi connectivity index (χ2n) is 23.1. The maximum atomic E-state index is 11.7. The Bertz CT molecular complexity index is 3130. The van der Waals surface area contributed by atoms with Crippen molar-refractivity contribution in [3.8, 4) is 61.5 Å². The van der Waals surface area contributed by atoms with E-state index in [0.29, 0.717) is 5.75 Å². The zero-order chi connectivity index (χ0) is 50.8. The summed E-state index contributed by atoms with van der Waals surface area (Å²) in [6.07, 6.45) is 5.79. The molecule has 0 aliphatic heterocycles. The number of benzene rings is 7. The maximum absolute atomic E-state index is 11.7. The Morgan fingerprint density at radius 1 is 0.465 bits per heavy atom. The number of nitrogens with zero attached hydrogens (tertiary/aromatic N) is 1. The van der Waals surface area contributed by atoms with Gasteiger partial charge in [-0.05, 0) is 73.1 Å². The van der Waals surface area contributed by atoms with E-state index in [2.05, 4.69) is 268 Å². The van der Waals surface area contributed by atoms with Gasteiger partial charge in [-0.1, -0.05) is 259 Å². The molecule has 0 unspecified atom stereocenters. The molecule has 1 aromatic heterocycles. The van der Waals surface area contributed by atoms with Gasteiger partial charge in [-0.15, -0.1) is 58.2 Å². The Morgan fingerprint density at radius 3 is 1.51 bits per heavy atom. The van der Waals surface area contributed by atoms with Crippen molar-refractivity contribution in [3.05, 3.63) is 221 Å². The smallest absolute Gasteiger partial charge is 0.517 e. The molecule has 7 aromatic carbocycles. The first-order chi connectivity index (χ1) is 32.9. The summed E-state index contributed by atoms with van der Waals surface area (Å²) in [5.41, 5.74) is 20.7. The fraction of sp³-hybridized carbons (Fsp3) is 0.279. The number of allylic oxidation sites excluding steroid dienone is 1. The van der Waals surface area contributed by atoms with Gasteiger partial charge < -0.3 is 5.11 Å². The van der Waals surface area contributed by atoms with Crippen LogP contribution in [0.25, 0.3) is 61.3 Å². The number of aromatic hydroxyl groups is 1. The minimum Gasteiger partial charge on any atom is -0.517 e. The van der Waals surface area contributed by atoms with Gasteiger partial charge in [0.25, 0.3) is 0 Å². The zero-order valence-electron chi connectivity index (χ0n) is 44.8. The Labute approximate surface area is 441 Å². The van der Waals surface area contributed by atoms with Crippen LogP contribution in [0.1, 0.15) is 135 Å². The van der Waals surface area contributed by atoms with Gasteiger partial charge in [0.1, 0.15) is 0 Å². The molecule has 8 aromatic rings. The molecule has 3 heteroatoms. The van der Waals surface area contributed by atoms with Crippen LogP contribution in [0.2, 0.25) is 0 Å². The van der Waals surface area contributed by atoms with Crippen LogP contribution in [-0.2, 0) is 42.7 Å². The van der Waals surface area contributed by atoms with E-state index in [0.717, 1.165) is 72.5 Å². The summed E-state index contributed by atoms with van der Waals surface area (Å²) < 4.78 is 0. The van der Waals surface area contributed by atoms with E-state index in [4.69, 9.17) is 4.98 Å². The van der Waals surface area contributed by atoms with Crippen LogP contribution in [0.4, 0.5) is 0 Å². The molecular formula is C68H73NOPt. The predicted octanol–water partition coefficient (Wildman–Crippen LogP) is 18.7. The third kappa shape index (κ3) is 12.9. The molecule has 0 aliphatic carbocycles. The Hall–Kier alpha value is -6.08. The third-order valence-corrected chi connectivity index (χ3v) is 13.3. The van der Waals surface area contributed by atoms with Gasteiger partial charge in [-0.3, -0.25) is 4.98 Å². The first-order valence-electron chi connectivity index (χ1n) is 24.8. The second kappa shape index (κ2) is 21.7. The number of aromatic nitrogens is 1. The fourth-order valence-corrected chi connectivity index (χ4v) is 8.85. The summed E-state index contributed by atoms with van der Waals surface area (Å²) in [4.78, 5) is 5.08. The molecule has 0 atom stereocenters. The van der Waals surface area contributed by atoms with E-state index in [9.17, 15) is 5.11 Å². The molecule has 0 bridgehead atoms. The molecule has 0 spiro atoms. The summed E-state index contributed by atoms with van der Waals surface area (Å²) in [6, 6.07) is 59.7. The van der Waals surface area contributed by atoms with Crippen LogP contribution in [-0.4, -0.2) is 10.1 Å².